The van der Waals surface area contributed by atoms with Gasteiger partial charge in [0.25, 0.3) is 0 Å². The lowest BCUT2D eigenvalue weighted by molar-refractivity contribution is 0.454. The van der Waals surface area contributed by atoms with E-state index in [4.69, 9.17) is 4.99 Å². The summed E-state index contributed by atoms with van der Waals surface area (Å²) >= 11 is 1.88. The zero-order chi connectivity index (χ0) is 12.7. The van der Waals surface area contributed by atoms with Crippen molar-refractivity contribution in [1.29, 1.82) is 0 Å². The minimum Gasteiger partial charge on any atom is -0.357 e. The van der Waals surface area contributed by atoms with Crippen molar-refractivity contribution in [1.82, 2.24) is 5.32 Å². The van der Waals surface area contributed by atoms with E-state index >= 15 is 0 Å². The third-order valence-electron chi connectivity index (χ3n) is 4.76. The minimum atomic E-state index is 0.445. The van der Waals surface area contributed by atoms with Crippen molar-refractivity contribution >= 4 is 16.9 Å². The first-order valence-electron chi connectivity index (χ1n) is 7.34. The first-order chi connectivity index (χ1) is 9.36. The Morgan fingerprint density at radius 3 is 2.68 bits per heavy atom. The maximum absolute atomic E-state index is 4.86. The average Bonchev–Trinajstić information content (AvgIpc) is 3.36. The van der Waals surface area contributed by atoms with Crippen LogP contribution in [0, 0.1) is 11.3 Å². The molecule has 0 aromatic heterocycles. The van der Waals surface area contributed by atoms with Crippen LogP contribution >= 0.6 is 11.8 Å². The van der Waals surface area contributed by atoms with E-state index in [1.54, 1.807) is 0 Å². The monoisotopic (exact) mass is 272 g/mol. The highest BCUT2D eigenvalue weighted by Gasteiger charge is 2.53. The predicted octanol–water partition coefficient (Wildman–Crippen LogP) is 3.61. The Bertz CT molecular complexity index is 489. The smallest absolute Gasteiger partial charge is 0.157 e. The Kier molecular flexibility index (Phi) is 2.83. The number of nitrogens with one attached hydrogen (secondary N) is 1. The Balaban J connectivity index is 1.39. The maximum Gasteiger partial charge on any atom is 0.157 e. The highest BCUT2D eigenvalue weighted by Crippen LogP contribution is 2.61. The molecule has 19 heavy (non-hydrogen) atoms. The van der Waals surface area contributed by atoms with Crippen LogP contribution in [0.3, 0.4) is 0 Å². The molecule has 0 bridgehead atoms. The fourth-order valence-corrected chi connectivity index (χ4v) is 4.11. The molecule has 1 atom stereocenters. The molecule has 1 unspecified atom stereocenters. The van der Waals surface area contributed by atoms with Crippen LogP contribution in [0.1, 0.15) is 37.3 Å². The highest BCUT2D eigenvalue weighted by molar-refractivity contribution is 8.14. The number of amidine groups is 1. The van der Waals surface area contributed by atoms with Gasteiger partial charge in [0.05, 0.1) is 6.04 Å². The van der Waals surface area contributed by atoms with Crippen LogP contribution in [0.5, 0.6) is 0 Å². The van der Waals surface area contributed by atoms with Crippen LogP contribution in [0.25, 0.3) is 0 Å². The first kappa shape index (κ1) is 11.8. The van der Waals surface area contributed by atoms with Crippen molar-refractivity contribution in [3.8, 4) is 0 Å². The number of rotatable bonds is 4. The topological polar surface area (TPSA) is 24.4 Å². The van der Waals surface area contributed by atoms with Crippen molar-refractivity contribution in [2.24, 2.45) is 16.3 Å². The van der Waals surface area contributed by atoms with E-state index in [-0.39, 0.29) is 0 Å². The Hall–Kier alpha value is -0.960. The zero-order valence-corrected chi connectivity index (χ0v) is 12.0. The van der Waals surface area contributed by atoms with Gasteiger partial charge in [0.15, 0.2) is 5.17 Å². The van der Waals surface area contributed by atoms with Gasteiger partial charge in [-0.05, 0) is 42.6 Å². The van der Waals surface area contributed by atoms with Crippen LogP contribution in [0.15, 0.2) is 35.3 Å². The summed E-state index contributed by atoms with van der Waals surface area (Å²) in [4.78, 5) is 4.86. The Morgan fingerprint density at radius 2 is 2.00 bits per heavy atom. The van der Waals surface area contributed by atoms with E-state index in [1.807, 2.05) is 11.8 Å². The maximum atomic E-state index is 4.86. The lowest BCUT2D eigenvalue weighted by atomic mass is 10.0. The van der Waals surface area contributed by atoms with Crippen LogP contribution in [-0.2, 0) is 0 Å². The van der Waals surface area contributed by atoms with Crippen molar-refractivity contribution in [2.45, 2.75) is 31.7 Å². The second kappa shape index (κ2) is 4.55. The van der Waals surface area contributed by atoms with Gasteiger partial charge in [-0.15, -0.1) is 0 Å². The molecule has 0 amide bonds. The van der Waals surface area contributed by atoms with Gasteiger partial charge in [-0.2, -0.15) is 0 Å². The van der Waals surface area contributed by atoms with Crippen LogP contribution in [-0.4, -0.2) is 17.5 Å². The molecular weight excluding hydrogens is 252 g/mol. The van der Waals surface area contributed by atoms with Crippen LogP contribution in [0.2, 0.25) is 0 Å². The first-order valence-corrected chi connectivity index (χ1v) is 8.33. The normalized spacial score (nSPS) is 30.3. The SMILES string of the molecule is c1ccc(C2CSC(=NCC3(C4CC4)CC3)N2)cc1. The summed E-state index contributed by atoms with van der Waals surface area (Å²) in [5, 5.41) is 4.75. The van der Waals surface area contributed by atoms with Crippen molar-refractivity contribution < 1.29 is 0 Å². The van der Waals surface area contributed by atoms with Crippen molar-refractivity contribution in [3.05, 3.63) is 35.9 Å². The molecular formula is C16H20N2S. The fourth-order valence-electron chi connectivity index (χ4n) is 3.13. The van der Waals surface area contributed by atoms with Crippen molar-refractivity contribution in [3.63, 3.8) is 0 Å². The van der Waals surface area contributed by atoms with Crippen LogP contribution in [0.4, 0.5) is 0 Å². The second-order valence-corrected chi connectivity index (χ2v) is 7.19. The lowest BCUT2D eigenvalue weighted by Gasteiger charge is -2.12. The summed E-state index contributed by atoms with van der Waals surface area (Å²) in [6, 6.07) is 11.2. The Morgan fingerprint density at radius 1 is 1.21 bits per heavy atom. The summed E-state index contributed by atoms with van der Waals surface area (Å²) in [6.07, 6.45) is 5.75. The molecule has 3 fully saturated rings. The summed E-state index contributed by atoms with van der Waals surface area (Å²) in [5.74, 6) is 2.12. The van der Waals surface area contributed by atoms with E-state index in [1.165, 1.54) is 36.4 Å². The Labute approximate surface area is 119 Å². The van der Waals surface area contributed by atoms with Gasteiger partial charge in [0.1, 0.15) is 0 Å². The number of hydrogen-bond acceptors (Lipinski definition) is 2. The molecule has 1 aliphatic heterocycles. The fraction of sp³-hybridized carbons (Fsp3) is 0.562. The second-order valence-electron chi connectivity index (χ2n) is 6.18. The number of benzene rings is 1. The van der Waals surface area contributed by atoms with Crippen LogP contribution < -0.4 is 5.32 Å². The summed E-state index contributed by atoms with van der Waals surface area (Å²) in [6.45, 7) is 1.06. The predicted molar refractivity (Wildman–Crippen MR) is 81.5 cm³/mol. The average molecular weight is 272 g/mol. The highest BCUT2D eigenvalue weighted by atomic mass is 32.2. The molecule has 1 saturated heterocycles. The molecule has 100 valence electrons. The summed E-state index contributed by atoms with van der Waals surface area (Å²) in [7, 11) is 0. The third kappa shape index (κ3) is 2.40. The number of aliphatic imine (C=N–C) groups is 1. The summed E-state index contributed by atoms with van der Waals surface area (Å²) < 4.78 is 0. The van der Waals surface area contributed by atoms with E-state index < -0.39 is 0 Å². The molecule has 4 rings (SSSR count). The molecule has 0 spiro atoms. The lowest BCUT2D eigenvalue weighted by Crippen LogP contribution is -2.20. The van der Waals surface area contributed by atoms with Gasteiger partial charge < -0.3 is 5.32 Å². The van der Waals surface area contributed by atoms with E-state index in [0.717, 1.165) is 18.2 Å². The van der Waals surface area contributed by atoms with E-state index in [2.05, 4.69) is 35.6 Å². The third-order valence-corrected chi connectivity index (χ3v) is 5.78. The molecule has 1 aromatic rings. The van der Waals surface area contributed by atoms with Gasteiger partial charge in [-0.25, -0.2) is 0 Å². The molecule has 2 aliphatic carbocycles. The molecule has 2 saturated carbocycles. The van der Waals surface area contributed by atoms with Crippen molar-refractivity contribution in [2.75, 3.05) is 12.3 Å². The largest absolute Gasteiger partial charge is 0.357 e. The van der Waals surface area contributed by atoms with Gasteiger partial charge in [0.2, 0.25) is 0 Å². The summed E-state index contributed by atoms with van der Waals surface area (Å²) in [5.41, 5.74) is 2.00. The van der Waals surface area contributed by atoms with Gasteiger partial charge in [0, 0.05) is 12.3 Å². The standard InChI is InChI=1S/C16H20N2S/c1-2-4-12(5-3-1)14-10-19-15(18-14)17-11-16(8-9-16)13-6-7-13/h1-5,13-14H,6-11H2,(H,17,18). The number of thioether (sulfide) groups is 1. The minimum absolute atomic E-state index is 0.445. The quantitative estimate of drug-likeness (QED) is 0.905. The molecule has 1 N–H and O–H groups in total. The number of hydrogen-bond donors (Lipinski definition) is 1. The molecule has 1 heterocycles. The molecule has 1 aromatic carbocycles. The van der Waals surface area contributed by atoms with Gasteiger partial charge >= 0.3 is 0 Å². The zero-order valence-electron chi connectivity index (χ0n) is 11.1. The molecule has 2 nitrogen and oxygen atoms in total. The van der Waals surface area contributed by atoms with Gasteiger partial charge in [-0.1, -0.05) is 42.1 Å². The number of nitrogens with zero attached hydrogens (tertiary/aromatic N) is 1. The van der Waals surface area contributed by atoms with E-state index in [9.17, 15) is 0 Å². The molecule has 3 heteroatoms. The van der Waals surface area contributed by atoms with Gasteiger partial charge in [-0.3, -0.25) is 4.99 Å². The molecule has 3 aliphatic rings. The van der Waals surface area contributed by atoms with E-state index in [0.29, 0.717) is 11.5 Å². The molecule has 0 radical (unpaired) electrons.